The van der Waals surface area contributed by atoms with E-state index in [0.29, 0.717) is 23.5 Å². The average molecular weight is 517 g/mol. The van der Waals surface area contributed by atoms with Gasteiger partial charge in [-0.05, 0) is 66.8 Å². The van der Waals surface area contributed by atoms with Gasteiger partial charge in [-0.25, -0.2) is 4.79 Å². The Bertz CT molecular complexity index is 1150. The number of methoxy groups -OCH3 is 1. The number of amides is 3. The minimum atomic E-state index is -0.703. The van der Waals surface area contributed by atoms with Gasteiger partial charge in [0.05, 0.1) is 41.0 Å². The quantitative estimate of drug-likeness (QED) is 0.358. The highest BCUT2D eigenvalue weighted by Gasteiger charge is 2.66. The number of hydrogen-bond acceptors (Lipinski definition) is 6. The van der Waals surface area contributed by atoms with Crippen molar-refractivity contribution in [2.24, 2.45) is 23.7 Å². The normalized spacial score (nSPS) is 28.7. The first-order valence-corrected chi connectivity index (χ1v) is 12.0. The SMILES string of the molecule is COc1ccc(NC(=O)COC(=O)c2ccc(N3C(=O)[C@@H]4[C@H]5C[C@@H]([C@H](Cl)[C@H]5Cl)[C@H]4C3=O)cc2)cc1. The molecule has 1 aliphatic heterocycles. The lowest BCUT2D eigenvalue weighted by Gasteiger charge is -2.28. The first kappa shape index (κ1) is 23.6. The molecule has 3 aliphatic rings. The van der Waals surface area contributed by atoms with E-state index in [0.717, 1.165) is 0 Å². The van der Waals surface area contributed by atoms with Crippen LogP contribution in [0.1, 0.15) is 16.8 Å². The number of nitrogens with zero attached hydrogens (tertiary/aromatic N) is 1. The second-order valence-corrected chi connectivity index (χ2v) is 9.92. The Morgan fingerprint density at radius 1 is 0.943 bits per heavy atom. The standard InChI is InChI=1S/C25H22Cl2N2O6/c1-34-15-8-4-13(5-9-15)28-18(30)11-35-25(33)12-2-6-14(7-3-12)29-23(31)19-16-10-17(20(19)24(29)32)22(27)21(16)26/h2-9,16-17,19-22H,10-11H2,1H3,(H,28,30)/t16-,17-,19-,20-,21+,22+/m1/s1. The third-order valence-electron chi connectivity index (χ3n) is 7.06. The second-order valence-electron chi connectivity index (χ2n) is 8.92. The number of alkyl halides is 2. The van der Waals surface area contributed by atoms with Crippen molar-refractivity contribution in [2.45, 2.75) is 17.2 Å². The molecule has 1 saturated heterocycles. The molecule has 0 spiro atoms. The molecule has 2 aromatic rings. The number of rotatable bonds is 6. The Balaban J connectivity index is 1.20. The van der Waals surface area contributed by atoms with Gasteiger partial charge in [0.1, 0.15) is 5.75 Å². The fraction of sp³-hybridized carbons (Fsp3) is 0.360. The first-order chi connectivity index (χ1) is 16.8. The van der Waals surface area contributed by atoms with Crippen LogP contribution in [0, 0.1) is 23.7 Å². The van der Waals surface area contributed by atoms with Crippen molar-refractivity contribution in [3.05, 3.63) is 54.1 Å². The summed E-state index contributed by atoms with van der Waals surface area (Å²) in [5.74, 6) is -2.19. The topological polar surface area (TPSA) is 102 Å². The molecule has 10 heteroatoms. The number of carbonyl (C=O) groups is 4. The van der Waals surface area contributed by atoms with Crippen LogP contribution in [0.25, 0.3) is 0 Å². The summed E-state index contributed by atoms with van der Waals surface area (Å²) < 4.78 is 10.1. The molecule has 1 N–H and O–H groups in total. The van der Waals surface area contributed by atoms with Crippen LogP contribution < -0.4 is 15.0 Å². The summed E-state index contributed by atoms with van der Waals surface area (Å²) in [4.78, 5) is 51.8. The fourth-order valence-electron chi connectivity index (χ4n) is 5.44. The molecule has 0 aromatic heterocycles. The highest BCUT2D eigenvalue weighted by molar-refractivity contribution is 6.32. The van der Waals surface area contributed by atoms with Gasteiger partial charge in [-0.3, -0.25) is 19.3 Å². The predicted molar refractivity (Wildman–Crippen MR) is 129 cm³/mol. The highest BCUT2D eigenvalue weighted by atomic mass is 35.5. The van der Waals surface area contributed by atoms with E-state index in [9.17, 15) is 19.2 Å². The van der Waals surface area contributed by atoms with Gasteiger partial charge in [0.25, 0.3) is 5.91 Å². The minimum Gasteiger partial charge on any atom is -0.497 e. The number of halogens is 2. The van der Waals surface area contributed by atoms with E-state index in [1.165, 1.54) is 29.2 Å². The van der Waals surface area contributed by atoms with Gasteiger partial charge in [-0.1, -0.05) is 0 Å². The van der Waals surface area contributed by atoms with Crippen LogP contribution in [0.3, 0.4) is 0 Å². The maximum absolute atomic E-state index is 13.1. The van der Waals surface area contributed by atoms with Crippen LogP contribution in [-0.2, 0) is 19.1 Å². The molecule has 2 aromatic carbocycles. The molecule has 35 heavy (non-hydrogen) atoms. The summed E-state index contributed by atoms with van der Waals surface area (Å²) in [5.41, 5.74) is 1.10. The molecule has 8 nitrogen and oxygen atoms in total. The van der Waals surface area contributed by atoms with Crippen LogP contribution in [-0.4, -0.2) is 48.2 Å². The van der Waals surface area contributed by atoms with E-state index < -0.39 is 30.3 Å². The Morgan fingerprint density at radius 3 is 2.06 bits per heavy atom. The van der Waals surface area contributed by atoms with Gasteiger partial charge in [0.15, 0.2) is 6.61 Å². The molecule has 5 rings (SSSR count). The van der Waals surface area contributed by atoms with E-state index in [1.807, 2.05) is 0 Å². The number of benzene rings is 2. The van der Waals surface area contributed by atoms with Crippen molar-refractivity contribution in [1.82, 2.24) is 0 Å². The lowest BCUT2D eigenvalue weighted by atomic mass is 9.80. The molecular weight excluding hydrogens is 495 g/mol. The van der Waals surface area contributed by atoms with E-state index in [-0.39, 0.29) is 40.0 Å². The molecule has 2 aliphatic carbocycles. The third kappa shape index (κ3) is 4.04. The van der Waals surface area contributed by atoms with Crippen LogP contribution in [0.4, 0.5) is 11.4 Å². The largest absolute Gasteiger partial charge is 0.497 e. The smallest absolute Gasteiger partial charge is 0.338 e. The highest BCUT2D eigenvalue weighted by Crippen LogP contribution is 2.59. The number of imide groups is 1. The molecule has 2 saturated carbocycles. The Hall–Kier alpha value is -3.10. The molecule has 3 fully saturated rings. The van der Waals surface area contributed by atoms with Gasteiger partial charge >= 0.3 is 5.97 Å². The Morgan fingerprint density at radius 2 is 1.51 bits per heavy atom. The lowest BCUT2D eigenvalue weighted by molar-refractivity contribution is -0.123. The molecule has 3 amide bonds. The van der Waals surface area contributed by atoms with E-state index >= 15 is 0 Å². The van der Waals surface area contributed by atoms with E-state index in [4.69, 9.17) is 32.7 Å². The number of ether oxygens (including phenoxy) is 2. The van der Waals surface area contributed by atoms with Crippen molar-refractivity contribution < 1.29 is 28.7 Å². The zero-order valence-electron chi connectivity index (χ0n) is 18.6. The van der Waals surface area contributed by atoms with Gasteiger partial charge < -0.3 is 14.8 Å². The molecule has 182 valence electrons. The Kier molecular flexibility index (Phi) is 6.19. The summed E-state index contributed by atoms with van der Waals surface area (Å²) >= 11 is 12.8. The Labute approximate surface area is 211 Å². The molecule has 0 unspecified atom stereocenters. The van der Waals surface area contributed by atoms with E-state index in [2.05, 4.69) is 5.32 Å². The second kappa shape index (κ2) is 9.17. The molecule has 0 radical (unpaired) electrons. The van der Waals surface area contributed by atoms with Crippen molar-refractivity contribution in [1.29, 1.82) is 0 Å². The average Bonchev–Trinajstić information content (AvgIpc) is 3.48. The van der Waals surface area contributed by atoms with Crippen molar-refractivity contribution in [3.8, 4) is 5.75 Å². The minimum absolute atomic E-state index is 0.103. The number of nitrogens with one attached hydrogen (secondary N) is 1. The van der Waals surface area contributed by atoms with Crippen LogP contribution >= 0.6 is 23.2 Å². The zero-order valence-corrected chi connectivity index (χ0v) is 20.2. The van der Waals surface area contributed by atoms with Gasteiger partial charge in [-0.15, -0.1) is 23.2 Å². The summed E-state index contributed by atoms with van der Waals surface area (Å²) in [5, 5.41) is 1.98. The summed E-state index contributed by atoms with van der Waals surface area (Å²) in [6.45, 7) is -0.471. The number of anilines is 2. The van der Waals surface area contributed by atoms with Gasteiger partial charge in [-0.2, -0.15) is 0 Å². The number of fused-ring (bicyclic) bond motifs is 5. The fourth-order valence-corrected chi connectivity index (χ4v) is 6.33. The van der Waals surface area contributed by atoms with Crippen molar-refractivity contribution in [2.75, 3.05) is 23.9 Å². The summed E-state index contributed by atoms with van der Waals surface area (Å²) in [6, 6.07) is 12.7. The summed E-state index contributed by atoms with van der Waals surface area (Å²) in [7, 11) is 1.54. The molecule has 2 bridgehead atoms. The van der Waals surface area contributed by atoms with Crippen LogP contribution in [0.2, 0.25) is 0 Å². The number of hydrogen-bond donors (Lipinski definition) is 1. The molecular formula is C25H22Cl2N2O6. The van der Waals surface area contributed by atoms with Crippen LogP contribution in [0.15, 0.2) is 48.5 Å². The lowest BCUT2D eigenvalue weighted by Crippen LogP contribution is -2.37. The van der Waals surface area contributed by atoms with Crippen molar-refractivity contribution in [3.63, 3.8) is 0 Å². The van der Waals surface area contributed by atoms with Gasteiger partial charge in [0.2, 0.25) is 11.8 Å². The number of esters is 1. The third-order valence-corrected chi connectivity index (χ3v) is 8.38. The molecule has 1 heterocycles. The zero-order chi connectivity index (χ0) is 24.9. The maximum Gasteiger partial charge on any atom is 0.338 e. The van der Waals surface area contributed by atoms with E-state index in [1.54, 1.807) is 31.4 Å². The number of carbonyl (C=O) groups excluding carboxylic acids is 4. The van der Waals surface area contributed by atoms with Crippen molar-refractivity contribution >= 4 is 58.3 Å². The molecule has 6 atom stereocenters. The first-order valence-electron chi connectivity index (χ1n) is 11.2. The monoisotopic (exact) mass is 516 g/mol. The predicted octanol–water partition coefficient (Wildman–Crippen LogP) is 3.46. The van der Waals surface area contributed by atoms with Gasteiger partial charge in [0, 0.05) is 5.69 Å². The summed E-state index contributed by atoms with van der Waals surface area (Å²) in [6.07, 6.45) is 0.694. The maximum atomic E-state index is 13.1. The van der Waals surface area contributed by atoms with Crippen LogP contribution in [0.5, 0.6) is 5.75 Å².